The number of phenolic OH excluding ortho intramolecular Hbond substituents is 1. The minimum Gasteiger partial charge on any atom is -0.508 e. The summed E-state index contributed by atoms with van der Waals surface area (Å²) in [6.45, 7) is 2.94. The molecule has 15 heteroatoms. The van der Waals surface area contributed by atoms with Gasteiger partial charge in [0.15, 0.2) is 0 Å². The number of phenols is 1. The van der Waals surface area contributed by atoms with E-state index >= 15 is 0 Å². The Kier molecular flexibility index (Phi) is 11.2. The molecular weight excluding hydrogens is 516 g/mol. The topological polar surface area (TPSA) is 231 Å². The maximum absolute atomic E-state index is 12.3. The Morgan fingerprint density at radius 3 is 2.25 bits per heavy atom. The molecular formula is C21H28N4O9S2. The molecule has 0 aliphatic carbocycles. The van der Waals surface area contributed by atoms with Crippen LogP contribution >= 0.6 is 24.4 Å². The average Bonchev–Trinajstić information content (AvgIpc) is 2.80. The van der Waals surface area contributed by atoms with Crippen LogP contribution in [0.2, 0.25) is 0 Å². The number of benzene rings is 1. The van der Waals surface area contributed by atoms with E-state index in [4.69, 9.17) is 10.8 Å². The zero-order chi connectivity index (χ0) is 26.4. The second-order valence-corrected chi connectivity index (χ2v) is 9.14. The first-order valence-electron chi connectivity index (χ1n) is 10.2. The summed E-state index contributed by atoms with van der Waals surface area (Å²) >= 11 is 5.13. The molecule has 0 spiro atoms. The van der Waals surface area contributed by atoms with Crippen molar-refractivity contribution in [2.24, 2.45) is 5.73 Å². The van der Waals surface area contributed by atoms with Gasteiger partial charge >= 0.3 is 11.9 Å². The molecule has 3 rings (SSSR count). The van der Waals surface area contributed by atoms with Crippen molar-refractivity contribution in [1.82, 2.24) is 15.5 Å². The Bertz CT molecular complexity index is 1050. The van der Waals surface area contributed by atoms with Gasteiger partial charge in [-0.05, 0) is 30.2 Å². The number of thiol groups is 1. The van der Waals surface area contributed by atoms with Crippen LogP contribution in [0.5, 0.6) is 5.75 Å². The van der Waals surface area contributed by atoms with E-state index in [0.717, 1.165) is 0 Å². The highest BCUT2D eigenvalue weighted by atomic mass is 32.2. The van der Waals surface area contributed by atoms with E-state index in [2.05, 4.69) is 23.3 Å². The molecule has 1 fully saturated rings. The van der Waals surface area contributed by atoms with Gasteiger partial charge < -0.3 is 37.2 Å². The fourth-order valence-corrected chi connectivity index (χ4v) is 4.82. The van der Waals surface area contributed by atoms with E-state index in [1.807, 2.05) is 0 Å². The van der Waals surface area contributed by atoms with Gasteiger partial charge in [0.05, 0.1) is 0 Å². The second kappa shape index (κ2) is 13.2. The molecule has 0 saturated carbocycles. The lowest BCUT2D eigenvalue weighted by atomic mass is 10.0. The lowest BCUT2D eigenvalue weighted by molar-refractivity contribution is -0.150. The number of amides is 3. The van der Waals surface area contributed by atoms with E-state index in [1.54, 1.807) is 6.92 Å². The molecule has 1 aromatic rings. The predicted molar refractivity (Wildman–Crippen MR) is 133 cm³/mol. The maximum atomic E-state index is 12.3. The summed E-state index contributed by atoms with van der Waals surface area (Å²) in [5.74, 6) is -2.93. The first kappa shape index (κ1) is 30.8. The molecule has 3 amide bonds. The number of nitrogens with two attached hydrogens (primary N) is 1. The molecule has 36 heavy (non-hydrogen) atoms. The minimum absolute atomic E-state index is 0. The quantitative estimate of drug-likeness (QED) is 0.161. The Balaban J connectivity index is 0.000000504. The third kappa shape index (κ3) is 7.13. The van der Waals surface area contributed by atoms with E-state index < -0.39 is 47.3 Å². The molecule has 0 aromatic heterocycles. The first-order chi connectivity index (χ1) is 16.4. The minimum atomic E-state index is -1.15. The Morgan fingerprint density at radius 2 is 1.81 bits per heavy atom. The monoisotopic (exact) mass is 544 g/mol. The van der Waals surface area contributed by atoms with Crippen molar-refractivity contribution in [3.8, 4) is 5.75 Å². The van der Waals surface area contributed by atoms with Gasteiger partial charge in [-0.15, -0.1) is 11.8 Å². The number of carboxylic acid groups (broad SMARTS) is 2. The average molecular weight is 545 g/mol. The summed E-state index contributed by atoms with van der Waals surface area (Å²) in [5.41, 5.74) is 7.00. The number of β-lactam (4-membered cyclic amide) rings is 1. The molecule has 4 atom stereocenters. The van der Waals surface area contributed by atoms with Gasteiger partial charge in [-0.3, -0.25) is 19.3 Å². The highest BCUT2D eigenvalue weighted by molar-refractivity contribution is 8.00. The number of thioether (sulfide) groups is 1. The van der Waals surface area contributed by atoms with Crippen molar-refractivity contribution in [3.63, 3.8) is 0 Å². The standard InChI is InChI=1S/C16H17N3O5S.C5H9NO3S.H2O/c1-7-6-25-15-11(14(22)19(15)12(7)16(23)24)18-13(21)10(17)8-2-4-9(20)5-3-8;1-3(7)6-4(2-10)5(8)9;/h2-5,10-11,15,20H,6,17H2,1H3,(H,18,21)(H,23,24);4,10H,2H2,1H3,(H,6,7)(H,8,9);1H2/t10-,11-,15-;;/m1../s1. The van der Waals surface area contributed by atoms with Crippen LogP contribution in [0.4, 0.5) is 0 Å². The van der Waals surface area contributed by atoms with Crippen molar-refractivity contribution in [2.75, 3.05) is 11.5 Å². The summed E-state index contributed by atoms with van der Waals surface area (Å²) in [5, 5.41) is 31.3. The molecule has 2 aliphatic heterocycles. The van der Waals surface area contributed by atoms with E-state index in [-0.39, 0.29) is 28.6 Å². The number of hydrogen-bond donors (Lipinski definition) is 7. The normalized spacial score (nSPS) is 19.8. The predicted octanol–water partition coefficient (Wildman–Crippen LogP) is -1.17. The Labute approximate surface area is 215 Å². The number of rotatable bonds is 7. The molecule has 1 aromatic carbocycles. The fourth-order valence-electron chi connectivity index (χ4n) is 3.28. The van der Waals surface area contributed by atoms with Crippen LogP contribution in [-0.4, -0.2) is 84.3 Å². The van der Waals surface area contributed by atoms with Crippen LogP contribution in [0, 0.1) is 0 Å². The molecule has 2 heterocycles. The number of nitrogens with one attached hydrogen (secondary N) is 2. The highest BCUT2D eigenvalue weighted by Crippen LogP contribution is 2.40. The SMILES string of the molecule is CC(=O)NC(CS)C(=O)O.CC1=C(C(=O)O)N2C(=O)[C@@H](NC(=O)[C@H](N)c3ccc(O)cc3)[C@H]2SC1.O. The van der Waals surface area contributed by atoms with Crippen molar-refractivity contribution in [3.05, 3.63) is 41.1 Å². The van der Waals surface area contributed by atoms with Crippen molar-refractivity contribution < 1.29 is 44.8 Å². The number of fused-ring (bicyclic) bond motifs is 1. The van der Waals surface area contributed by atoms with Gasteiger partial charge in [-0.2, -0.15) is 12.6 Å². The van der Waals surface area contributed by atoms with Gasteiger partial charge in [0.2, 0.25) is 11.8 Å². The van der Waals surface area contributed by atoms with Gasteiger partial charge in [0.1, 0.15) is 34.9 Å². The van der Waals surface area contributed by atoms with Gasteiger partial charge in [-0.25, -0.2) is 9.59 Å². The van der Waals surface area contributed by atoms with Crippen LogP contribution in [0.15, 0.2) is 35.5 Å². The van der Waals surface area contributed by atoms with Crippen LogP contribution in [-0.2, 0) is 24.0 Å². The smallest absolute Gasteiger partial charge is 0.352 e. The summed E-state index contributed by atoms with van der Waals surface area (Å²) in [6.07, 6.45) is 0. The molecule has 1 unspecified atom stereocenters. The third-order valence-electron chi connectivity index (χ3n) is 5.05. The molecule has 0 bridgehead atoms. The summed E-state index contributed by atoms with van der Waals surface area (Å²) in [6, 6.07) is 3.22. The van der Waals surface area contributed by atoms with Crippen molar-refractivity contribution in [1.29, 1.82) is 0 Å². The van der Waals surface area contributed by atoms with Gasteiger partial charge in [-0.1, -0.05) is 12.1 Å². The number of carbonyl (C=O) groups is 5. The molecule has 9 N–H and O–H groups in total. The molecule has 2 aliphatic rings. The Morgan fingerprint density at radius 1 is 1.22 bits per heavy atom. The van der Waals surface area contributed by atoms with Gasteiger partial charge in [0, 0.05) is 18.4 Å². The zero-order valence-electron chi connectivity index (χ0n) is 19.3. The molecule has 198 valence electrons. The Hall–Kier alpha value is -3.27. The van der Waals surface area contributed by atoms with Crippen LogP contribution < -0.4 is 16.4 Å². The lowest BCUT2D eigenvalue weighted by Gasteiger charge is -2.49. The summed E-state index contributed by atoms with van der Waals surface area (Å²) < 4.78 is 0. The summed E-state index contributed by atoms with van der Waals surface area (Å²) in [7, 11) is 0. The lowest BCUT2D eigenvalue weighted by Crippen LogP contribution is -2.71. The highest BCUT2D eigenvalue weighted by Gasteiger charge is 2.53. The molecule has 13 nitrogen and oxygen atoms in total. The van der Waals surface area contributed by atoms with Crippen LogP contribution in [0.25, 0.3) is 0 Å². The maximum Gasteiger partial charge on any atom is 0.352 e. The largest absolute Gasteiger partial charge is 0.508 e. The number of aromatic hydroxyl groups is 1. The van der Waals surface area contributed by atoms with E-state index in [0.29, 0.717) is 16.9 Å². The first-order valence-corrected chi connectivity index (χ1v) is 11.9. The van der Waals surface area contributed by atoms with Crippen molar-refractivity contribution >= 4 is 54.1 Å². The molecule has 0 radical (unpaired) electrons. The number of aliphatic carboxylic acids is 2. The zero-order valence-corrected chi connectivity index (χ0v) is 21.0. The number of hydrogen-bond acceptors (Lipinski definition) is 9. The van der Waals surface area contributed by atoms with Gasteiger partial charge in [0.25, 0.3) is 5.91 Å². The number of carbonyl (C=O) groups excluding carboxylic acids is 3. The van der Waals surface area contributed by atoms with Crippen LogP contribution in [0.3, 0.4) is 0 Å². The van der Waals surface area contributed by atoms with Crippen LogP contribution in [0.1, 0.15) is 25.5 Å². The molecule has 1 saturated heterocycles. The van der Waals surface area contributed by atoms with E-state index in [9.17, 15) is 34.2 Å². The van der Waals surface area contributed by atoms with Crippen molar-refractivity contribution in [2.45, 2.75) is 37.3 Å². The summed E-state index contributed by atoms with van der Waals surface area (Å²) in [4.78, 5) is 57.7. The third-order valence-corrected chi connectivity index (χ3v) is 6.84. The number of carboxylic acids is 2. The fraction of sp³-hybridized carbons (Fsp3) is 0.381. The van der Waals surface area contributed by atoms with E-state index in [1.165, 1.54) is 47.9 Å². The number of nitrogens with zero attached hydrogens (tertiary/aromatic N) is 1. The second-order valence-electron chi connectivity index (χ2n) is 7.67.